The van der Waals surface area contributed by atoms with Crippen molar-refractivity contribution in [3.63, 3.8) is 0 Å². The second-order valence-electron chi connectivity index (χ2n) is 5.22. The molecular weight excluding hydrogens is 353 g/mol. The summed E-state index contributed by atoms with van der Waals surface area (Å²) in [5.74, 6) is 0.465. The molecule has 0 saturated heterocycles. The fraction of sp³-hybridized carbons (Fsp3) is 0.294. The molecule has 1 amide bonds. The molecule has 0 aliphatic carbocycles. The van der Waals surface area contributed by atoms with E-state index in [1.54, 1.807) is 13.1 Å². The normalized spacial score (nSPS) is 12.5. The average Bonchev–Trinajstić information content (AvgIpc) is 2.55. The molecule has 0 aliphatic heterocycles. The van der Waals surface area contributed by atoms with Crippen LogP contribution in [0.15, 0.2) is 48.7 Å². The summed E-state index contributed by atoms with van der Waals surface area (Å²) in [4.78, 5) is 16.1. The first-order chi connectivity index (χ1) is 11.8. The average molecular weight is 370 g/mol. The summed E-state index contributed by atoms with van der Waals surface area (Å²) >= 11 is 1.44. The van der Waals surface area contributed by atoms with Crippen molar-refractivity contribution in [1.29, 1.82) is 0 Å². The van der Waals surface area contributed by atoms with Gasteiger partial charge in [-0.25, -0.2) is 0 Å². The van der Waals surface area contributed by atoms with Gasteiger partial charge in [-0.2, -0.15) is 0 Å². The van der Waals surface area contributed by atoms with E-state index in [1.165, 1.54) is 36.0 Å². The zero-order chi connectivity index (χ0) is 18.3. The SMILES string of the molecule is CC(NC(=O)CSCc1ccccn1)c1ccc(OC(F)(F)F)cc1. The number of thioether (sulfide) groups is 1. The number of hydrogen-bond acceptors (Lipinski definition) is 4. The number of rotatable bonds is 7. The highest BCUT2D eigenvalue weighted by Gasteiger charge is 2.31. The van der Waals surface area contributed by atoms with Gasteiger partial charge in [0.2, 0.25) is 5.91 Å². The fourth-order valence-electron chi connectivity index (χ4n) is 2.06. The predicted molar refractivity (Wildman–Crippen MR) is 90.1 cm³/mol. The van der Waals surface area contributed by atoms with Crippen LogP contribution in [0.4, 0.5) is 13.2 Å². The molecule has 2 aromatic rings. The second-order valence-corrected chi connectivity index (χ2v) is 6.21. The number of aromatic nitrogens is 1. The highest BCUT2D eigenvalue weighted by molar-refractivity contribution is 7.99. The Bertz CT molecular complexity index is 679. The van der Waals surface area contributed by atoms with E-state index in [2.05, 4.69) is 15.0 Å². The predicted octanol–water partition coefficient (Wildman–Crippen LogP) is 4.09. The zero-order valence-corrected chi connectivity index (χ0v) is 14.2. The number of ether oxygens (including phenoxy) is 1. The molecule has 0 saturated carbocycles. The Kier molecular flexibility index (Phi) is 6.69. The molecule has 0 aliphatic rings. The zero-order valence-electron chi connectivity index (χ0n) is 13.4. The Hall–Kier alpha value is -2.22. The molecule has 0 radical (unpaired) electrons. The summed E-state index contributed by atoms with van der Waals surface area (Å²) < 4.78 is 40.2. The van der Waals surface area contributed by atoms with Crippen LogP contribution in [0, 0.1) is 0 Å². The van der Waals surface area contributed by atoms with E-state index >= 15 is 0 Å². The number of halogens is 3. The Balaban J connectivity index is 1.78. The van der Waals surface area contributed by atoms with Crippen LogP contribution < -0.4 is 10.1 Å². The molecular formula is C17H17F3N2O2S. The monoisotopic (exact) mass is 370 g/mol. The number of carbonyl (C=O) groups is 1. The first-order valence-electron chi connectivity index (χ1n) is 7.46. The van der Waals surface area contributed by atoms with Gasteiger partial charge in [0.15, 0.2) is 0 Å². The summed E-state index contributed by atoms with van der Waals surface area (Å²) in [6.45, 7) is 1.76. The van der Waals surface area contributed by atoms with E-state index in [0.29, 0.717) is 11.3 Å². The first-order valence-corrected chi connectivity index (χ1v) is 8.62. The molecule has 0 bridgehead atoms. The van der Waals surface area contributed by atoms with Crippen molar-refractivity contribution < 1.29 is 22.7 Å². The van der Waals surface area contributed by atoms with Gasteiger partial charge >= 0.3 is 6.36 Å². The number of hydrogen-bond donors (Lipinski definition) is 1. The number of pyridine rings is 1. The van der Waals surface area contributed by atoms with Crippen LogP contribution in [0.3, 0.4) is 0 Å². The summed E-state index contributed by atoms with van der Waals surface area (Å²) in [5, 5.41) is 2.81. The lowest BCUT2D eigenvalue weighted by Gasteiger charge is -2.15. The van der Waals surface area contributed by atoms with Gasteiger partial charge in [-0.05, 0) is 36.8 Å². The highest BCUT2D eigenvalue weighted by atomic mass is 32.2. The molecule has 1 atom stereocenters. The lowest BCUT2D eigenvalue weighted by atomic mass is 10.1. The van der Waals surface area contributed by atoms with Gasteiger partial charge in [-0.1, -0.05) is 18.2 Å². The van der Waals surface area contributed by atoms with Crippen LogP contribution in [0.1, 0.15) is 24.2 Å². The quantitative estimate of drug-likeness (QED) is 0.798. The molecule has 134 valence electrons. The first kappa shape index (κ1) is 19.1. The Morgan fingerprint density at radius 2 is 1.96 bits per heavy atom. The minimum absolute atomic E-state index is 0.149. The number of nitrogens with zero attached hydrogens (tertiary/aromatic N) is 1. The molecule has 8 heteroatoms. The molecule has 1 unspecified atom stereocenters. The van der Waals surface area contributed by atoms with E-state index in [0.717, 1.165) is 5.69 Å². The van der Waals surface area contributed by atoms with Crippen molar-refractivity contribution in [2.24, 2.45) is 0 Å². The van der Waals surface area contributed by atoms with Gasteiger partial charge in [0, 0.05) is 11.9 Å². The molecule has 1 heterocycles. The van der Waals surface area contributed by atoms with Crippen molar-refractivity contribution >= 4 is 17.7 Å². The minimum Gasteiger partial charge on any atom is -0.406 e. The van der Waals surface area contributed by atoms with E-state index in [4.69, 9.17) is 0 Å². The number of amides is 1. The molecule has 0 spiro atoms. The lowest BCUT2D eigenvalue weighted by molar-refractivity contribution is -0.274. The Morgan fingerprint density at radius 3 is 2.56 bits per heavy atom. The van der Waals surface area contributed by atoms with Gasteiger partial charge in [0.1, 0.15) is 5.75 Å². The molecule has 1 aromatic carbocycles. The van der Waals surface area contributed by atoms with Gasteiger partial charge < -0.3 is 10.1 Å². The number of carbonyl (C=O) groups excluding carboxylic acids is 1. The smallest absolute Gasteiger partial charge is 0.406 e. The maximum Gasteiger partial charge on any atom is 0.573 e. The molecule has 0 fully saturated rings. The third-order valence-electron chi connectivity index (χ3n) is 3.20. The van der Waals surface area contributed by atoms with Crippen molar-refractivity contribution in [2.45, 2.75) is 25.1 Å². The highest BCUT2D eigenvalue weighted by Crippen LogP contribution is 2.24. The van der Waals surface area contributed by atoms with Crippen molar-refractivity contribution in [3.8, 4) is 5.75 Å². The standard InChI is InChI=1S/C17H17F3N2O2S/c1-12(13-5-7-15(8-6-13)24-17(18,19)20)22-16(23)11-25-10-14-4-2-3-9-21-14/h2-9,12H,10-11H2,1H3,(H,22,23). The molecule has 1 N–H and O–H groups in total. The minimum atomic E-state index is -4.72. The van der Waals surface area contributed by atoms with Crippen LogP contribution in [-0.2, 0) is 10.5 Å². The third-order valence-corrected chi connectivity index (χ3v) is 4.17. The molecule has 1 aromatic heterocycles. The van der Waals surface area contributed by atoms with E-state index in [1.807, 2.05) is 18.2 Å². The van der Waals surface area contributed by atoms with Gasteiger partial charge in [0.25, 0.3) is 0 Å². The molecule has 4 nitrogen and oxygen atoms in total. The summed E-state index contributed by atoms with van der Waals surface area (Å²) in [7, 11) is 0. The maximum absolute atomic E-state index is 12.1. The number of nitrogens with one attached hydrogen (secondary N) is 1. The Labute approximate surface area is 147 Å². The van der Waals surface area contributed by atoms with E-state index < -0.39 is 6.36 Å². The lowest BCUT2D eigenvalue weighted by Crippen LogP contribution is -2.28. The van der Waals surface area contributed by atoms with Crippen molar-refractivity contribution in [1.82, 2.24) is 10.3 Å². The van der Waals surface area contributed by atoms with Crippen molar-refractivity contribution in [3.05, 3.63) is 59.9 Å². The van der Waals surface area contributed by atoms with Crippen molar-refractivity contribution in [2.75, 3.05) is 5.75 Å². The number of alkyl halides is 3. The van der Waals surface area contributed by atoms with Crippen LogP contribution in [0.5, 0.6) is 5.75 Å². The second kappa shape index (κ2) is 8.75. The van der Waals surface area contributed by atoms with Crippen LogP contribution >= 0.6 is 11.8 Å². The van der Waals surface area contributed by atoms with Gasteiger partial charge in [0.05, 0.1) is 17.5 Å². The maximum atomic E-state index is 12.1. The Morgan fingerprint density at radius 1 is 1.24 bits per heavy atom. The van der Waals surface area contributed by atoms with E-state index in [9.17, 15) is 18.0 Å². The fourth-order valence-corrected chi connectivity index (χ4v) is 2.81. The molecule has 2 rings (SSSR count). The van der Waals surface area contributed by atoms with Crippen LogP contribution in [-0.4, -0.2) is 23.0 Å². The number of benzene rings is 1. The van der Waals surface area contributed by atoms with Gasteiger partial charge in [-0.15, -0.1) is 24.9 Å². The van der Waals surface area contributed by atoms with Gasteiger partial charge in [-0.3, -0.25) is 9.78 Å². The molecule has 25 heavy (non-hydrogen) atoms. The summed E-state index contributed by atoms with van der Waals surface area (Å²) in [6.07, 6.45) is -3.02. The third kappa shape index (κ3) is 7.04. The van der Waals surface area contributed by atoms with E-state index in [-0.39, 0.29) is 23.5 Å². The van der Waals surface area contributed by atoms with Crippen LogP contribution in [0.25, 0.3) is 0 Å². The van der Waals surface area contributed by atoms with Crippen LogP contribution in [0.2, 0.25) is 0 Å². The topological polar surface area (TPSA) is 51.2 Å². The summed E-state index contributed by atoms with van der Waals surface area (Å²) in [6, 6.07) is 10.7. The largest absolute Gasteiger partial charge is 0.573 e. The summed E-state index contributed by atoms with van der Waals surface area (Å²) in [5.41, 5.74) is 1.59.